The molecule has 0 aliphatic carbocycles. The second-order valence-electron chi connectivity index (χ2n) is 4.84. The number of nitrogens with two attached hydrogens (primary N) is 1. The molecular weight excluding hydrogens is 254 g/mol. The lowest BCUT2D eigenvalue weighted by Crippen LogP contribution is -2.28. The van der Waals surface area contributed by atoms with Gasteiger partial charge in [-0.15, -0.1) is 11.3 Å². The fraction of sp³-hybridized carbons (Fsp3) is 0.308. The first kappa shape index (κ1) is 13.1. The van der Waals surface area contributed by atoms with Gasteiger partial charge in [0.1, 0.15) is 16.6 Å². The van der Waals surface area contributed by atoms with E-state index in [1.165, 1.54) is 30.4 Å². The smallest absolute Gasteiger partial charge is 0.133 e. The zero-order valence-corrected chi connectivity index (χ0v) is 11.2. The summed E-state index contributed by atoms with van der Waals surface area (Å²) in [5.74, 6) is -0.909. The Labute approximate surface area is 108 Å². The molecule has 0 atom stereocenters. The summed E-state index contributed by atoms with van der Waals surface area (Å²) in [5.41, 5.74) is 6.22. The molecule has 2 nitrogen and oxygen atoms in total. The standard InChI is InChI=1S/C13H14F2N2S/c1-7-4-10(15)8(5-9(7)14)11-6-18-12(17-11)13(2,3)16/h4-6H,16H2,1-3H3. The average Bonchev–Trinajstić information content (AvgIpc) is 2.72. The van der Waals surface area contributed by atoms with E-state index in [4.69, 9.17) is 5.73 Å². The van der Waals surface area contributed by atoms with Crippen molar-refractivity contribution in [2.45, 2.75) is 26.3 Å². The minimum Gasteiger partial charge on any atom is -0.320 e. The summed E-state index contributed by atoms with van der Waals surface area (Å²) < 4.78 is 27.3. The van der Waals surface area contributed by atoms with Crippen LogP contribution in [0.2, 0.25) is 0 Å². The van der Waals surface area contributed by atoms with Gasteiger partial charge in [0.15, 0.2) is 0 Å². The lowest BCUT2D eigenvalue weighted by Gasteiger charge is -2.13. The molecule has 0 aliphatic rings. The Bertz CT molecular complexity index is 585. The van der Waals surface area contributed by atoms with Crippen molar-refractivity contribution in [2.75, 3.05) is 0 Å². The van der Waals surface area contributed by atoms with Crippen LogP contribution in [-0.2, 0) is 5.54 Å². The Hall–Kier alpha value is -1.33. The average molecular weight is 268 g/mol. The first-order valence-corrected chi connectivity index (χ1v) is 6.38. The van der Waals surface area contributed by atoms with Crippen LogP contribution in [0.5, 0.6) is 0 Å². The van der Waals surface area contributed by atoms with Crippen molar-refractivity contribution < 1.29 is 8.78 Å². The van der Waals surface area contributed by atoms with E-state index in [-0.39, 0.29) is 11.1 Å². The van der Waals surface area contributed by atoms with Crippen molar-refractivity contribution in [1.29, 1.82) is 0 Å². The number of hydrogen-bond donors (Lipinski definition) is 1. The van der Waals surface area contributed by atoms with Crippen LogP contribution < -0.4 is 5.73 Å². The molecule has 18 heavy (non-hydrogen) atoms. The van der Waals surface area contributed by atoms with Gasteiger partial charge in [-0.05, 0) is 38.5 Å². The number of hydrogen-bond acceptors (Lipinski definition) is 3. The zero-order valence-electron chi connectivity index (χ0n) is 10.4. The van der Waals surface area contributed by atoms with E-state index < -0.39 is 17.2 Å². The Morgan fingerprint density at radius 3 is 2.44 bits per heavy atom. The number of halogens is 2. The monoisotopic (exact) mass is 268 g/mol. The molecule has 0 saturated heterocycles. The van der Waals surface area contributed by atoms with Crippen LogP contribution in [0.15, 0.2) is 17.5 Å². The lowest BCUT2D eigenvalue weighted by molar-refractivity contribution is 0.550. The van der Waals surface area contributed by atoms with Gasteiger partial charge in [0.25, 0.3) is 0 Å². The molecule has 96 valence electrons. The van der Waals surface area contributed by atoms with Crippen LogP contribution >= 0.6 is 11.3 Å². The van der Waals surface area contributed by atoms with Crippen LogP contribution in [0.4, 0.5) is 8.78 Å². The van der Waals surface area contributed by atoms with Crippen molar-refractivity contribution in [2.24, 2.45) is 5.73 Å². The molecule has 2 aromatic rings. The van der Waals surface area contributed by atoms with E-state index in [1.54, 1.807) is 5.38 Å². The van der Waals surface area contributed by atoms with E-state index in [1.807, 2.05) is 13.8 Å². The predicted octanol–water partition coefficient (Wildman–Crippen LogP) is 3.59. The molecule has 0 radical (unpaired) electrons. The van der Waals surface area contributed by atoms with Crippen molar-refractivity contribution >= 4 is 11.3 Å². The Kier molecular flexibility index (Phi) is 3.21. The number of rotatable bonds is 2. The summed E-state index contributed by atoms with van der Waals surface area (Å²) in [7, 11) is 0. The van der Waals surface area contributed by atoms with Crippen LogP contribution in [-0.4, -0.2) is 4.98 Å². The molecule has 1 heterocycles. The predicted molar refractivity (Wildman–Crippen MR) is 69.4 cm³/mol. The van der Waals surface area contributed by atoms with Gasteiger partial charge in [-0.3, -0.25) is 0 Å². The number of aryl methyl sites for hydroxylation is 1. The molecule has 0 fully saturated rings. The SMILES string of the molecule is Cc1cc(F)c(-c2csc(C(C)(C)N)n2)cc1F. The minimum absolute atomic E-state index is 0.171. The highest BCUT2D eigenvalue weighted by molar-refractivity contribution is 7.10. The molecule has 0 aliphatic heterocycles. The second-order valence-corrected chi connectivity index (χ2v) is 5.70. The van der Waals surface area contributed by atoms with Crippen molar-refractivity contribution in [3.63, 3.8) is 0 Å². The molecular formula is C13H14F2N2S. The maximum Gasteiger partial charge on any atom is 0.133 e. The lowest BCUT2D eigenvalue weighted by atomic mass is 10.1. The summed E-state index contributed by atoms with van der Waals surface area (Å²) in [4.78, 5) is 4.27. The van der Waals surface area contributed by atoms with E-state index in [0.29, 0.717) is 10.7 Å². The van der Waals surface area contributed by atoms with Crippen molar-refractivity contribution in [3.05, 3.63) is 39.7 Å². The first-order chi connectivity index (χ1) is 8.29. The summed E-state index contributed by atoms with van der Waals surface area (Å²) in [6.45, 7) is 5.17. The highest BCUT2D eigenvalue weighted by atomic mass is 32.1. The fourth-order valence-electron chi connectivity index (χ4n) is 1.54. The maximum absolute atomic E-state index is 13.8. The highest BCUT2D eigenvalue weighted by Crippen LogP contribution is 2.29. The van der Waals surface area contributed by atoms with Gasteiger partial charge in [0.2, 0.25) is 0 Å². The molecule has 0 spiro atoms. The summed E-state index contributed by atoms with van der Waals surface area (Å²) >= 11 is 1.34. The summed E-state index contributed by atoms with van der Waals surface area (Å²) in [5, 5.41) is 2.38. The highest BCUT2D eigenvalue weighted by Gasteiger charge is 2.20. The largest absolute Gasteiger partial charge is 0.320 e. The fourth-order valence-corrected chi connectivity index (χ4v) is 2.39. The quantitative estimate of drug-likeness (QED) is 0.904. The summed E-state index contributed by atoms with van der Waals surface area (Å²) in [6, 6.07) is 2.35. The number of benzene rings is 1. The van der Waals surface area contributed by atoms with Crippen LogP contribution in [0.3, 0.4) is 0 Å². The number of thiazole rings is 1. The molecule has 1 aromatic carbocycles. The Morgan fingerprint density at radius 1 is 1.22 bits per heavy atom. The number of nitrogens with zero attached hydrogens (tertiary/aromatic N) is 1. The van der Waals surface area contributed by atoms with Gasteiger partial charge in [-0.2, -0.15) is 0 Å². The topological polar surface area (TPSA) is 38.9 Å². The van der Waals surface area contributed by atoms with Crippen molar-refractivity contribution in [1.82, 2.24) is 4.98 Å². The molecule has 1 aromatic heterocycles. The molecule has 2 rings (SSSR count). The zero-order chi connectivity index (χ0) is 13.5. The molecule has 0 unspecified atom stereocenters. The van der Waals surface area contributed by atoms with Gasteiger partial charge in [0.05, 0.1) is 11.2 Å². The third-order valence-electron chi connectivity index (χ3n) is 2.58. The summed E-state index contributed by atoms with van der Waals surface area (Å²) in [6.07, 6.45) is 0. The number of aromatic nitrogens is 1. The van der Waals surface area contributed by atoms with Gasteiger partial charge in [-0.1, -0.05) is 0 Å². The van der Waals surface area contributed by atoms with Gasteiger partial charge >= 0.3 is 0 Å². The normalized spacial score (nSPS) is 11.9. The molecule has 0 saturated carbocycles. The van der Waals surface area contributed by atoms with Crippen LogP contribution in [0, 0.1) is 18.6 Å². The van der Waals surface area contributed by atoms with E-state index in [9.17, 15) is 8.78 Å². The third kappa shape index (κ3) is 2.42. The van der Waals surface area contributed by atoms with Gasteiger partial charge < -0.3 is 5.73 Å². The Morgan fingerprint density at radius 2 is 1.89 bits per heavy atom. The maximum atomic E-state index is 13.8. The van der Waals surface area contributed by atoms with Crippen LogP contribution in [0.25, 0.3) is 11.3 Å². The Balaban J connectivity index is 2.50. The molecule has 2 N–H and O–H groups in total. The molecule has 0 bridgehead atoms. The van der Waals surface area contributed by atoms with E-state index in [2.05, 4.69) is 4.98 Å². The molecule has 5 heteroatoms. The second kappa shape index (κ2) is 4.40. The molecule has 0 amide bonds. The minimum atomic E-state index is -0.581. The van der Waals surface area contributed by atoms with Crippen molar-refractivity contribution in [3.8, 4) is 11.3 Å². The van der Waals surface area contributed by atoms with Gasteiger partial charge in [0, 0.05) is 10.9 Å². The van der Waals surface area contributed by atoms with E-state index in [0.717, 1.165) is 0 Å². The van der Waals surface area contributed by atoms with E-state index >= 15 is 0 Å². The van der Waals surface area contributed by atoms with Crippen LogP contribution in [0.1, 0.15) is 24.4 Å². The first-order valence-electron chi connectivity index (χ1n) is 5.50. The third-order valence-corrected chi connectivity index (χ3v) is 3.76. The van der Waals surface area contributed by atoms with Gasteiger partial charge in [-0.25, -0.2) is 13.8 Å².